The Morgan fingerprint density at radius 1 is 1.15 bits per heavy atom. The minimum Gasteiger partial charge on any atom is -0.455 e. The molecule has 106 valence electrons. The smallest absolute Gasteiger partial charge is 0.148 e. The van der Waals surface area contributed by atoms with E-state index in [0.29, 0.717) is 0 Å². The molecule has 0 bridgehead atoms. The average Bonchev–Trinajstić information content (AvgIpc) is 2.48. The van der Waals surface area contributed by atoms with Crippen LogP contribution in [0.2, 0.25) is 0 Å². The second kappa shape index (κ2) is 7.06. The van der Waals surface area contributed by atoms with Gasteiger partial charge in [0.2, 0.25) is 0 Å². The molecule has 1 N–H and O–H groups in total. The van der Waals surface area contributed by atoms with E-state index in [1.54, 1.807) is 6.20 Å². The van der Waals surface area contributed by atoms with Gasteiger partial charge in [0, 0.05) is 17.8 Å². The number of pyridine rings is 1. The molecule has 20 heavy (non-hydrogen) atoms. The Morgan fingerprint density at radius 3 is 2.65 bits per heavy atom. The van der Waals surface area contributed by atoms with E-state index >= 15 is 0 Å². The van der Waals surface area contributed by atoms with Crippen LogP contribution in [0, 0.1) is 6.92 Å². The maximum atomic E-state index is 6.04. The lowest BCUT2D eigenvalue weighted by atomic mass is 10.1. The highest BCUT2D eigenvalue weighted by atomic mass is 16.5. The number of benzene rings is 1. The lowest BCUT2D eigenvalue weighted by Gasteiger charge is -2.18. The lowest BCUT2D eigenvalue weighted by Crippen LogP contribution is -2.19. The maximum Gasteiger partial charge on any atom is 0.148 e. The van der Waals surface area contributed by atoms with Crippen LogP contribution in [0.1, 0.15) is 37.6 Å². The molecule has 0 radical (unpaired) electrons. The van der Waals surface area contributed by atoms with Crippen molar-refractivity contribution in [1.29, 1.82) is 0 Å². The molecule has 2 aromatic rings. The summed E-state index contributed by atoms with van der Waals surface area (Å²) in [6.45, 7) is 7.28. The summed E-state index contributed by atoms with van der Waals surface area (Å²) in [5.74, 6) is 1.70. The van der Waals surface area contributed by atoms with Crippen LogP contribution in [-0.4, -0.2) is 11.5 Å². The molecule has 3 heteroatoms. The molecule has 0 aliphatic heterocycles. The number of rotatable bonds is 6. The van der Waals surface area contributed by atoms with Gasteiger partial charge in [-0.05, 0) is 45.0 Å². The standard InChI is InChI=1S/C17H22N2O/c1-4-11-18-13(2)15-8-5-6-9-17(15)20-16-10-7-12-19-14(16)3/h5-10,12-13,18H,4,11H2,1-3H3. The Morgan fingerprint density at radius 2 is 1.90 bits per heavy atom. The third kappa shape index (κ3) is 3.58. The van der Waals surface area contributed by atoms with Gasteiger partial charge in [-0.2, -0.15) is 0 Å². The third-order valence-electron chi connectivity index (χ3n) is 3.26. The van der Waals surface area contributed by atoms with Gasteiger partial charge in [-0.3, -0.25) is 4.98 Å². The number of nitrogens with one attached hydrogen (secondary N) is 1. The van der Waals surface area contributed by atoms with Crippen LogP contribution in [-0.2, 0) is 0 Å². The highest BCUT2D eigenvalue weighted by Crippen LogP contribution is 2.30. The van der Waals surface area contributed by atoms with Gasteiger partial charge >= 0.3 is 0 Å². The van der Waals surface area contributed by atoms with Crippen LogP contribution >= 0.6 is 0 Å². The maximum absolute atomic E-state index is 6.04. The highest BCUT2D eigenvalue weighted by Gasteiger charge is 2.12. The zero-order chi connectivity index (χ0) is 14.4. The predicted octanol–water partition coefficient (Wildman–Crippen LogP) is 4.24. The number of nitrogens with zero attached hydrogens (tertiary/aromatic N) is 1. The van der Waals surface area contributed by atoms with E-state index in [1.807, 2.05) is 37.3 Å². The Bertz CT molecular complexity index is 554. The molecule has 0 saturated heterocycles. The Kier molecular flexibility index (Phi) is 5.13. The van der Waals surface area contributed by atoms with Crippen LogP contribution < -0.4 is 10.1 Å². The average molecular weight is 270 g/mol. The monoisotopic (exact) mass is 270 g/mol. The van der Waals surface area contributed by atoms with Gasteiger partial charge in [0.1, 0.15) is 11.5 Å². The topological polar surface area (TPSA) is 34.1 Å². The molecule has 0 saturated carbocycles. The molecule has 3 nitrogen and oxygen atoms in total. The van der Waals surface area contributed by atoms with Crippen LogP contribution in [0.5, 0.6) is 11.5 Å². The van der Waals surface area contributed by atoms with E-state index in [9.17, 15) is 0 Å². The summed E-state index contributed by atoms with van der Waals surface area (Å²) in [5, 5.41) is 3.49. The van der Waals surface area contributed by atoms with Crippen molar-refractivity contribution in [2.24, 2.45) is 0 Å². The minimum absolute atomic E-state index is 0.267. The van der Waals surface area contributed by atoms with E-state index < -0.39 is 0 Å². The summed E-state index contributed by atoms with van der Waals surface area (Å²) in [7, 11) is 0. The van der Waals surface area contributed by atoms with Gasteiger partial charge in [-0.25, -0.2) is 0 Å². The summed E-state index contributed by atoms with van der Waals surface area (Å²) in [5.41, 5.74) is 2.07. The Hall–Kier alpha value is -1.87. The molecule has 0 aliphatic rings. The largest absolute Gasteiger partial charge is 0.455 e. The molecule has 2 rings (SSSR count). The fourth-order valence-electron chi connectivity index (χ4n) is 2.10. The SMILES string of the molecule is CCCNC(C)c1ccccc1Oc1cccnc1C. The molecule has 0 spiro atoms. The first-order valence-electron chi connectivity index (χ1n) is 7.14. The van der Waals surface area contributed by atoms with Gasteiger partial charge in [-0.15, -0.1) is 0 Å². The second-order valence-electron chi connectivity index (χ2n) is 4.90. The third-order valence-corrected chi connectivity index (χ3v) is 3.26. The number of para-hydroxylation sites is 1. The van der Waals surface area contributed by atoms with Crippen LogP contribution in [0.15, 0.2) is 42.6 Å². The molecule has 1 aromatic carbocycles. The number of aromatic nitrogens is 1. The zero-order valence-electron chi connectivity index (χ0n) is 12.4. The molecule has 1 unspecified atom stereocenters. The van der Waals surface area contributed by atoms with Gasteiger partial charge in [0.15, 0.2) is 0 Å². The summed E-state index contributed by atoms with van der Waals surface area (Å²) in [6.07, 6.45) is 2.90. The van der Waals surface area contributed by atoms with Crippen LogP contribution in [0.3, 0.4) is 0 Å². The number of aryl methyl sites for hydroxylation is 1. The molecule has 1 aromatic heterocycles. The van der Waals surface area contributed by atoms with Crippen molar-refractivity contribution in [1.82, 2.24) is 10.3 Å². The fraction of sp³-hybridized carbons (Fsp3) is 0.353. The molecule has 0 amide bonds. The number of ether oxygens (including phenoxy) is 1. The van der Waals surface area contributed by atoms with Crippen LogP contribution in [0.4, 0.5) is 0 Å². The Balaban J connectivity index is 2.22. The molecular weight excluding hydrogens is 248 g/mol. The summed E-state index contributed by atoms with van der Waals surface area (Å²) < 4.78 is 6.04. The van der Waals surface area contributed by atoms with Crippen molar-refractivity contribution in [2.45, 2.75) is 33.2 Å². The van der Waals surface area contributed by atoms with E-state index in [1.165, 1.54) is 5.56 Å². The molecule has 0 fully saturated rings. The van der Waals surface area contributed by atoms with Crippen molar-refractivity contribution < 1.29 is 4.74 Å². The molecule has 1 atom stereocenters. The quantitative estimate of drug-likeness (QED) is 0.852. The normalized spacial score (nSPS) is 12.2. The fourth-order valence-corrected chi connectivity index (χ4v) is 2.10. The van der Waals surface area contributed by atoms with E-state index in [0.717, 1.165) is 30.2 Å². The van der Waals surface area contributed by atoms with Crippen molar-refractivity contribution in [3.63, 3.8) is 0 Å². The molecule has 1 heterocycles. The lowest BCUT2D eigenvalue weighted by molar-refractivity contribution is 0.455. The van der Waals surface area contributed by atoms with Crippen molar-refractivity contribution in [2.75, 3.05) is 6.54 Å². The predicted molar refractivity (Wildman–Crippen MR) is 82.2 cm³/mol. The summed E-state index contributed by atoms with van der Waals surface area (Å²) in [4.78, 5) is 4.26. The van der Waals surface area contributed by atoms with Gasteiger partial charge in [0.05, 0.1) is 5.69 Å². The van der Waals surface area contributed by atoms with E-state index in [4.69, 9.17) is 4.74 Å². The molecular formula is C17H22N2O. The number of hydrogen-bond acceptors (Lipinski definition) is 3. The molecule has 0 aliphatic carbocycles. The first-order valence-corrected chi connectivity index (χ1v) is 7.14. The van der Waals surface area contributed by atoms with Gasteiger partial charge in [0.25, 0.3) is 0 Å². The second-order valence-corrected chi connectivity index (χ2v) is 4.90. The van der Waals surface area contributed by atoms with Crippen molar-refractivity contribution >= 4 is 0 Å². The zero-order valence-corrected chi connectivity index (χ0v) is 12.4. The van der Waals surface area contributed by atoms with E-state index in [-0.39, 0.29) is 6.04 Å². The number of hydrogen-bond donors (Lipinski definition) is 1. The van der Waals surface area contributed by atoms with Crippen molar-refractivity contribution in [3.05, 3.63) is 53.9 Å². The highest BCUT2D eigenvalue weighted by molar-refractivity contribution is 5.40. The van der Waals surface area contributed by atoms with Gasteiger partial charge in [-0.1, -0.05) is 25.1 Å². The Labute approximate surface area is 121 Å². The first-order chi connectivity index (χ1) is 9.72. The minimum atomic E-state index is 0.267. The summed E-state index contributed by atoms with van der Waals surface area (Å²) in [6, 6.07) is 12.3. The summed E-state index contributed by atoms with van der Waals surface area (Å²) >= 11 is 0. The van der Waals surface area contributed by atoms with Gasteiger partial charge < -0.3 is 10.1 Å². The van der Waals surface area contributed by atoms with Crippen molar-refractivity contribution in [3.8, 4) is 11.5 Å². The van der Waals surface area contributed by atoms with E-state index in [2.05, 4.69) is 30.2 Å². The first kappa shape index (κ1) is 14.5. The van der Waals surface area contributed by atoms with Crippen LogP contribution in [0.25, 0.3) is 0 Å².